The predicted molar refractivity (Wildman–Crippen MR) is 73.7 cm³/mol. The zero-order chi connectivity index (χ0) is 15.4. The van der Waals surface area contributed by atoms with E-state index in [1.54, 1.807) is 18.2 Å². The first kappa shape index (κ1) is 17.6. The molecule has 0 aliphatic rings. The number of hydrogen-bond donors (Lipinski definition) is 0. The maximum Gasteiger partial charge on any atom is 0.306 e. The molecule has 0 amide bonds. The van der Waals surface area contributed by atoms with E-state index in [4.69, 9.17) is 10.00 Å². The first-order valence-electron chi connectivity index (χ1n) is 6.24. The van der Waals surface area contributed by atoms with Gasteiger partial charge in [-0.2, -0.15) is 5.26 Å². The van der Waals surface area contributed by atoms with Crippen molar-refractivity contribution in [1.29, 1.82) is 5.26 Å². The molecule has 0 aliphatic heterocycles. The van der Waals surface area contributed by atoms with Crippen LogP contribution >= 0.6 is 0 Å². The molecule has 0 spiro atoms. The van der Waals surface area contributed by atoms with Gasteiger partial charge in [-0.15, -0.1) is 0 Å². The second-order valence-electron chi connectivity index (χ2n) is 3.91. The SMILES string of the molecule is CC#N.CCCCC(=O)OCc1ccc([N+](=O)[O-])cc1. The second-order valence-corrected chi connectivity index (χ2v) is 3.91. The number of non-ortho nitro benzene ring substituents is 1. The maximum atomic E-state index is 11.2. The zero-order valence-corrected chi connectivity index (χ0v) is 11.7. The molecular formula is C14H18N2O4. The molecule has 6 nitrogen and oxygen atoms in total. The summed E-state index contributed by atoms with van der Waals surface area (Å²) in [6, 6.07) is 7.72. The summed E-state index contributed by atoms with van der Waals surface area (Å²) in [6.07, 6.45) is 2.19. The number of nitro groups is 1. The lowest BCUT2D eigenvalue weighted by Crippen LogP contribution is -2.04. The molecule has 0 heterocycles. The Kier molecular flexibility index (Phi) is 9.23. The summed E-state index contributed by atoms with van der Waals surface area (Å²) in [5.74, 6) is -0.231. The number of nitro benzene ring substituents is 1. The van der Waals surface area contributed by atoms with Crippen molar-refractivity contribution in [2.75, 3.05) is 0 Å². The molecule has 0 aliphatic carbocycles. The number of ether oxygens (including phenoxy) is 1. The molecule has 0 radical (unpaired) electrons. The van der Waals surface area contributed by atoms with Gasteiger partial charge in [-0.3, -0.25) is 14.9 Å². The van der Waals surface area contributed by atoms with Crippen molar-refractivity contribution >= 4 is 11.7 Å². The maximum absolute atomic E-state index is 11.2. The Hall–Kier alpha value is -2.42. The number of esters is 1. The van der Waals surface area contributed by atoms with Crippen LogP contribution < -0.4 is 0 Å². The lowest BCUT2D eigenvalue weighted by molar-refractivity contribution is -0.384. The van der Waals surface area contributed by atoms with Crippen LogP contribution in [0.4, 0.5) is 5.69 Å². The van der Waals surface area contributed by atoms with Gasteiger partial charge in [0.1, 0.15) is 6.61 Å². The average Bonchev–Trinajstić information content (AvgIpc) is 2.44. The van der Waals surface area contributed by atoms with Gasteiger partial charge in [0.2, 0.25) is 0 Å². The van der Waals surface area contributed by atoms with Crippen LogP contribution in [0.3, 0.4) is 0 Å². The van der Waals surface area contributed by atoms with E-state index in [0.29, 0.717) is 6.42 Å². The highest BCUT2D eigenvalue weighted by atomic mass is 16.6. The van der Waals surface area contributed by atoms with E-state index in [2.05, 4.69) is 0 Å². The summed E-state index contributed by atoms with van der Waals surface area (Å²) in [6.45, 7) is 3.60. The van der Waals surface area contributed by atoms with Crippen LogP contribution in [0.2, 0.25) is 0 Å². The fourth-order valence-corrected chi connectivity index (χ4v) is 1.27. The third kappa shape index (κ3) is 7.82. The molecule has 0 saturated heterocycles. The van der Waals surface area contributed by atoms with Crippen LogP contribution in [0.5, 0.6) is 0 Å². The molecule has 1 rings (SSSR count). The molecular weight excluding hydrogens is 260 g/mol. The molecule has 20 heavy (non-hydrogen) atoms. The van der Waals surface area contributed by atoms with Gasteiger partial charge in [-0.05, 0) is 24.1 Å². The van der Waals surface area contributed by atoms with Crippen molar-refractivity contribution in [3.63, 3.8) is 0 Å². The summed E-state index contributed by atoms with van der Waals surface area (Å²) in [5.41, 5.74) is 0.784. The fourth-order valence-electron chi connectivity index (χ4n) is 1.27. The van der Waals surface area contributed by atoms with Crippen molar-refractivity contribution in [3.05, 3.63) is 39.9 Å². The number of carbonyl (C=O) groups is 1. The van der Waals surface area contributed by atoms with Crippen LogP contribution in [-0.4, -0.2) is 10.9 Å². The van der Waals surface area contributed by atoms with Gasteiger partial charge < -0.3 is 4.74 Å². The molecule has 0 bridgehead atoms. The molecule has 0 fully saturated rings. The first-order valence-corrected chi connectivity index (χ1v) is 6.24. The topological polar surface area (TPSA) is 93.2 Å². The summed E-state index contributed by atoms with van der Waals surface area (Å²) in [4.78, 5) is 21.2. The number of nitriles is 1. The highest BCUT2D eigenvalue weighted by Gasteiger charge is 2.06. The molecule has 108 valence electrons. The van der Waals surface area contributed by atoms with Gasteiger partial charge in [-0.25, -0.2) is 0 Å². The van der Waals surface area contributed by atoms with E-state index in [-0.39, 0.29) is 18.3 Å². The molecule has 0 aromatic heterocycles. The van der Waals surface area contributed by atoms with Crippen molar-refractivity contribution in [1.82, 2.24) is 0 Å². The van der Waals surface area contributed by atoms with Gasteiger partial charge in [0.05, 0.1) is 11.0 Å². The Morgan fingerprint density at radius 2 is 1.95 bits per heavy atom. The zero-order valence-electron chi connectivity index (χ0n) is 11.7. The molecule has 1 aromatic rings. The van der Waals surface area contributed by atoms with Gasteiger partial charge in [0.15, 0.2) is 0 Å². The van der Waals surface area contributed by atoms with E-state index < -0.39 is 4.92 Å². The number of benzene rings is 1. The molecule has 6 heteroatoms. The largest absolute Gasteiger partial charge is 0.461 e. The Morgan fingerprint density at radius 1 is 1.40 bits per heavy atom. The standard InChI is InChI=1S/C12H15NO4.C2H3N/c1-2-3-4-12(14)17-9-10-5-7-11(8-6-10)13(15)16;1-2-3/h5-8H,2-4,9H2,1H3;1H3. The molecule has 0 atom stereocenters. The van der Waals surface area contributed by atoms with Crippen LogP contribution in [0.15, 0.2) is 24.3 Å². The minimum absolute atomic E-state index is 0.0334. The van der Waals surface area contributed by atoms with Crippen LogP contribution in [0.1, 0.15) is 38.7 Å². The average molecular weight is 278 g/mol. The number of nitrogens with zero attached hydrogens (tertiary/aromatic N) is 2. The minimum atomic E-state index is -0.461. The third-order valence-electron chi connectivity index (χ3n) is 2.28. The lowest BCUT2D eigenvalue weighted by Gasteiger charge is -2.04. The van der Waals surface area contributed by atoms with Crippen LogP contribution in [0, 0.1) is 21.4 Å². The highest BCUT2D eigenvalue weighted by molar-refractivity contribution is 5.69. The molecule has 0 unspecified atom stereocenters. The van der Waals surface area contributed by atoms with E-state index in [1.807, 2.05) is 6.92 Å². The summed E-state index contributed by atoms with van der Waals surface area (Å²) in [7, 11) is 0. The predicted octanol–water partition coefficient (Wildman–Crippen LogP) is 3.36. The van der Waals surface area contributed by atoms with Gasteiger partial charge >= 0.3 is 5.97 Å². The van der Waals surface area contributed by atoms with Gasteiger partial charge in [-0.1, -0.05) is 13.3 Å². The van der Waals surface area contributed by atoms with Gasteiger partial charge in [0, 0.05) is 25.5 Å². The number of carbonyl (C=O) groups excluding carboxylic acids is 1. The summed E-state index contributed by atoms with van der Waals surface area (Å²) >= 11 is 0. The number of hydrogen-bond acceptors (Lipinski definition) is 5. The Morgan fingerprint density at radius 3 is 2.40 bits per heavy atom. The van der Waals surface area contributed by atoms with Crippen molar-refractivity contribution < 1.29 is 14.5 Å². The van der Waals surface area contributed by atoms with E-state index in [9.17, 15) is 14.9 Å². The van der Waals surface area contributed by atoms with E-state index in [0.717, 1.165) is 18.4 Å². The molecule has 0 saturated carbocycles. The van der Waals surface area contributed by atoms with Crippen molar-refractivity contribution in [2.24, 2.45) is 0 Å². The smallest absolute Gasteiger partial charge is 0.306 e. The normalized spacial score (nSPS) is 8.85. The number of unbranched alkanes of at least 4 members (excludes halogenated alkanes) is 1. The van der Waals surface area contributed by atoms with Crippen LogP contribution in [0.25, 0.3) is 0 Å². The van der Waals surface area contributed by atoms with Crippen molar-refractivity contribution in [2.45, 2.75) is 39.7 Å². The fraction of sp³-hybridized carbons (Fsp3) is 0.429. The van der Waals surface area contributed by atoms with E-state index in [1.165, 1.54) is 19.1 Å². The van der Waals surface area contributed by atoms with Crippen LogP contribution in [-0.2, 0) is 16.1 Å². The minimum Gasteiger partial charge on any atom is -0.461 e. The quantitative estimate of drug-likeness (QED) is 0.452. The Bertz CT molecular complexity index is 463. The first-order chi connectivity index (χ1) is 9.54. The van der Waals surface area contributed by atoms with Gasteiger partial charge in [0.25, 0.3) is 5.69 Å². The van der Waals surface area contributed by atoms with Crippen molar-refractivity contribution in [3.8, 4) is 6.07 Å². The highest BCUT2D eigenvalue weighted by Crippen LogP contribution is 2.12. The number of rotatable bonds is 6. The van der Waals surface area contributed by atoms with E-state index >= 15 is 0 Å². The third-order valence-corrected chi connectivity index (χ3v) is 2.28. The molecule has 0 N–H and O–H groups in total. The summed E-state index contributed by atoms with van der Waals surface area (Å²) in [5, 5.41) is 17.7. The monoisotopic (exact) mass is 278 g/mol. The Labute approximate surface area is 118 Å². The Balaban J connectivity index is 0.00000110. The summed E-state index contributed by atoms with van der Waals surface area (Å²) < 4.78 is 5.02. The second kappa shape index (κ2) is 10.5. The lowest BCUT2D eigenvalue weighted by atomic mass is 10.2. The molecule has 1 aromatic carbocycles.